The molecule has 0 heterocycles. The quantitative estimate of drug-likeness (QED) is 0.639. The molecule has 6 heteroatoms. The molecule has 0 bridgehead atoms. The highest BCUT2D eigenvalue weighted by Crippen LogP contribution is 2.05. The van der Waals surface area contributed by atoms with Crippen LogP contribution in [0, 0.1) is 0 Å². The van der Waals surface area contributed by atoms with Crippen molar-refractivity contribution >= 4 is 11.8 Å². The lowest BCUT2D eigenvalue weighted by molar-refractivity contribution is 0.0903. The second-order valence-corrected chi connectivity index (χ2v) is 7.24. The molecule has 1 rings (SSSR count). The SMILES string of the molecule is CC(C)(C)NNC(=O)c1ccc(C(=O)NNC(C)(C)C)cc1. The molecule has 0 saturated carbocycles. The van der Waals surface area contributed by atoms with Crippen LogP contribution in [0.2, 0.25) is 0 Å². The zero-order valence-electron chi connectivity index (χ0n) is 14.1. The molecular formula is C16H26N4O2. The fourth-order valence-corrected chi connectivity index (χ4v) is 1.41. The topological polar surface area (TPSA) is 82.3 Å². The van der Waals surface area contributed by atoms with Crippen molar-refractivity contribution in [3.05, 3.63) is 35.4 Å². The highest BCUT2D eigenvalue weighted by atomic mass is 16.2. The second-order valence-electron chi connectivity index (χ2n) is 7.24. The lowest BCUT2D eigenvalue weighted by Gasteiger charge is -2.21. The molecule has 122 valence electrons. The fraction of sp³-hybridized carbons (Fsp3) is 0.500. The van der Waals surface area contributed by atoms with Gasteiger partial charge in [0.15, 0.2) is 0 Å². The van der Waals surface area contributed by atoms with E-state index in [-0.39, 0.29) is 22.9 Å². The van der Waals surface area contributed by atoms with Crippen LogP contribution in [0.5, 0.6) is 0 Å². The van der Waals surface area contributed by atoms with Gasteiger partial charge in [-0.1, -0.05) is 0 Å². The van der Waals surface area contributed by atoms with E-state index in [1.807, 2.05) is 41.5 Å². The van der Waals surface area contributed by atoms with E-state index in [0.717, 1.165) is 0 Å². The first kappa shape index (κ1) is 18.1. The lowest BCUT2D eigenvalue weighted by atomic mass is 10.1. The molecule has 0 atom stereocenters. The maximum absolute atomic E-state index is 11.9. The van der Waals surface area contributed by atoms with Crippen molar-refractivity contribution in [2.75, 3.05) is 0 Å². The smallest absolute Gasteiger partial charge is 0.265 e. The van der Waals surface area contributed by atoms with Crippen LogP contribution >= 0.6 is 0 Å². The van der Waals surface area contributed by atoms with E-state index in [1.165, 1.54) is 0 Å². The largest absolute Gasteiger partial charge is 0.287 e. The monoisotopic (exact) mass is 306 g/mol. The molecule has 22 heavy (non-hydrogen) atoms. The standard InChI is InChI=1S/C16H26N4O2/c1-15(2,3)19-17-13(21)11-7-9-12(10-8-11)14(22)18-20-16(4,5)6/h7-10,19-20H,1-6H3,(H,17,21)(H,18,22). The Morgan fingerprint density at radius 3 is 1.18 bits per heavy atom. The Labute approximate surface area is 132 Å². The molecule has 0 saturated heterocycles. The third kappa shape index (κ3) is 6.69. The molecule has 0 aliphatic carbocycles. The summed E-state index contributed by atoms with van der Waals surface area (Å²) in [7, 11) is 0. The molecular weight excluding hydrogens is 280 g/mol. The molecule has 0 aliphatic rings. The number of hydrogen-bond donors (Lipinski definition) is 4. The number of nitrogens with one attached hydrogen (secondary N) is 4. The number of carbonyl (C=O) groups excluding carboxylic acids is 2. The normalized spacial score (nSPS) is 11.9. The Morgan fingerprint density at radius 2 is 0.955 bits per heavy atom. The van der Waals surface area contributed by atoms with Gasteiger partial charge in [0.05, 0.1) is 0 Å². The minimum atomic E-state index is -0.241. The van der Waals surface area contributed by atoms with Crippen LogP contribution in [0.4, 0.5) is 0 Å². The zero-order valence-corrected chi connectivity index (χ0v) is 14.1. The average Bonchev–Trinajstić information content (AvgIpc) is 2.40. The van der Waals surface area contributed by atoms with E-state index in [9.17, 15) is 9.59 Å². The third-order valence-electron chi connectivity index (χ3n) is 2.51. The van der Waals surface area contributed by atoms with Crippen LogP contribution < -0.4 is 21.7 Å². The highest BCUT2D eigenvalue weighted by Gasteiger charge is 2.14. The minimum absolute atomic E-state index is 0.214. The van der Waals surface area contributed by atoms with E-state index in [0.29, 0.717) is 11.1 Å². The predicted molar refractivity (Wildman–Crippen MR) is 87.2 cm³/mol. The van der Waals surface area contributed by atoms with Crippen LogP contribution in [-0.4, -0.2) is 22.9 Å². The molecule has 0 fully saturated rings. The Morgan fingerprint density at radius 1 is 0.682 bits per heavy atom. The maximum atomic E-state index is 11.9. The van der Waals surface area contributed by atoms with Gasteiger partial charge in [0, 0.05) is 22.2 Å². The summed E-state index contributed by atoms with van der Waals surface area (Å²) in [4.78, 5) is 23.9. The number of hydrogen-bond acceptors (Lipinski definition) is 4. The van der Waals surface area contributed by atoms with Gasteiger partial charge in [-0.15, -0.1) is 0 Å². The van der Waals surface area contributed by atoms with Crippen LogP contribution in [0.3, 0.4) is 0 Å². The van der Waals surface area contributed by atoms with Crippen LogP contribution in [0.1, 0.15) is 62.3 Å². The van der Waals surface area contributed by atoms with Crippen molar-refractivity contribution in [3.8, 4) is 0 Å². The summed E-state index contributed by atoms with van der Waals surface area (Å²) in [5.41, 5.74) is 11.6. The first-order valence-corrected chi connectivity index (χ1v) is 7.23. The summed E-state index contributed by atoms with van der Waals surface area (Å²) in [6.45, 7) is 11.7. The molecule has 4 N–H and O–H groups in total. The summed E-state index contributed by atoms with van der Waals surface area (Å²) in [6, 6.07) is 6.47. The van der Waals surface area contributed by atoms with Crippen molar-refractivity contribution in [1.82, 2.24) is 21.7 Å². The van der Waals surface area contributed by atoms with Gasteiger partial charge in [0.25, 0.3) is 11.8 Å². The molecule has 0 unspecified atom stereocenters. The Kier molecular flexibility index (Phi) is 5.68. The van der Waals surface area contributed by atoms with Gasteiger partial charge < -0.3 is 0 Å². The Balaban J connectivity index is 2.62. The predicted octanol–water partition coefficient (Wildman–Crippen LogP) is 1.75. The summed E-state index contributed by atoms with van der Waals surface area (Å²) in [5.74, 6) is -0.482. The highest BCUT2D eigenvalue weighted by molar-refractivity contribution is 5.97. The second kappa shape index (κ2) is 6.89. The van der Waals surface area contributed by atoms with Crippen molar-refractivity contribution in [2.45, 2.75) is 52.6 Å². The van der Waals surface area contributed by atoms with E-state index >= 15 is 0 Å². The van der Waals surface area contributed by atoms with Gasteiger partial charge in [-0.2, -0.15) is 0 Å². The summed E-state index contributed by atoms with van der Waals surface area (Å²) >= 11 is 0. The Hall–Kier alpha value is -1.92. The molecule has 1 aromatic carbocycles. The average molecular weight is 306 g/mol. The van der Waals surface area contributed by atoms with Gasteiger partial charge >= 0.3 is 0 Å². The van der Waals surface area contributed by atoms with E-state index in [4.69, 9.17) is 0 Å². The number of carbonyl (C=O) groups is 2. The molecule has 6 nitrogen and oxygen atoms in total. The van der Waals surface area contributed by atoms with Gasteiger partial charge in [0.1, 0.15) is 0 Å². The number of hydrazine groups is 2. The molecule has 0 spiro atoms. The maximum Gasteiger partial charge on any atom is 0.265 e. The minimum Gasteiger partial charge on any atom is -0.287 e. The first-order chi connectivity index (χ1) is 9.98. The molecule has 0 radical (unpaired) electrons. The third-order valence-corrected chi connectivity index (χ3v) is 2.51. The fourth-order valence-electron chi connectivity index (χ4n) is 1.41. The van der Waals surface area contributed by atoms with Crippen LogP contribution in [0.15, 0.2) is 24.3 Å². The van der Waals surface area contributed by atoms with E-state index in [1.54, 1.807) is 24.3 Å². The van der Waals surface area contributed by atoms with Crippen molar-refractivity contribution in [1.29, 1.82) is 0 Å². The van der Waals surface area contributed by atoms with Gasteiger partial charge in [0.2, 0.25) is 0 Å². The van der Waals surface area contributed by atoms with E-state index in [2.05, 4.69) is 21.7 Å². The van der Waals surface area contributed by atoms with Gasteiger partial charge in [-0.25, -0.2) is 10.9 Å². The summed E-state index contributed by atoms with van der Waals surface area (Å²) < 4.78 is 0. The van der Waals surface area contributed by atoms with Crippen molar-refractivity contribution < 1.29 is 9.59 Å². The molecule has 1 aromatic rings. The van der Waals surface area contributed by atoms with Crippen LogP contribution in [-0.2, 0) is 0 Å². The number of rotatable bonds is 4. The molecule has 0 aromatic heterocycles. The van der Waals surface area contributed by atoms with Gasteiger partial charge in [-0.05, 0) is 65.8 Å². The zero-order chi connectivity index (χ0) is 17.0. The molecule has 2 amide bonds. The Bertz CT molecular complexity index is 476. The lowest BCUT2D eigenvalue weighted by Crippen LogP contribution is -2.49. The van der Waals surface area contributed by atoms with Crippen LogP contribution in [0.25, 0.3) is 0 Å². The van der Waals surface area contributed by atoms with Crippen molar-refractivity contribution in [3.63, 3.8) is 0 Å². The number of amides is 2. The van der Waals surface area contributed by atoms with Crippen molar-refractivity contribution in [2.24, 2.45) is 0 Å². The van der Waals surface area contributed by atoms with E-state index < -0.39 is 0 Å². The summed E-state index contributed by atoms with van der Waals surface area (Å²) in [6.07, 6.45) is 0. The first-order valence-electron chi connectivity index (χ1n) is 7.23. The summed E-state index contributed by atoms with van der Waals surface area (Å²) in [5, 5.41) is 0. The number of benzene rings is 1. The van der Waals surface area contributed by atoms with Gasteiger partial charge in [-0.3, -0.25) is 20.4 Å². The molecule has 0 aliphatic heterocycles.